The zero-order valence-electron chi connectivity index (χ0n) is 22.0. The SMILES string of the molecule is [3H]/C(CCCC(=O)O)=C(\[3H])C[C@@]1([3H])[C@@]([3H])(O)CC(=O)O[C@]1([3H])/C=C(\[3H])[C@]([3H])(O)CCCCC. The third kappa shape index (κ3) is 9.15. The molecule has 0 saturated carbocycles. The Kier molecular flexibility index (Phi) is 6.57. The first kappa shape index (κ1) is 13.5. The van der Waals surface area contributed by atoms with E-state index >= 15 is 0 Å². The van der Waals surface area contributed by atoms with Gasteiger partial charge in [-0.05, 0) is 31.8 Å². The van der Waals surface area contributed by atoms with E-state index in [9.17, 15) is 19.8 Å². The van der Waals surface area contributed by atoms with Crippen molar-refractivity contribution in [3.8, 4) is 0 Å². The second kappa shape index (κ2) is 12.7. The molecule has 0 aromatic heterocycles. The topological polar surface area (TPSA) is 104 Å². The second-order valence-corrected chi connectivity index (χ2v) is 5.91. The van der Waals surface area contributed by atoms with Crippen LogP contribution in [0, 0.1) is 5.89 Å². The normalized spacial score (nSPS) is 39.6. The van der Waals surface area contributed by atoms with Crippen molar-refractivity contribution in [1.29, 1.82) is 0 Å². The number of aliphatic carboxylic acids is 1. The molecular weight excluding hydrogens is 336 g/mol. The van der Waals surface area contributed by atoms with Crippen LogP contribution < -0.4 is 0 Å². The van der Waals surface area contributed by atoms with Crippen LogP contribution in [0.1, 0.15) is 74.3 Å². The largest absolute Gasteiger partial charge is 0.481 e. The summed E-state index contributed by atoms with van der Waals surface area (Å²) in [6.45, 7) is 1.90. The maximum Gasteiger partial charge on any atom is 0.309 e. The molecular formula is C20H32O6. The van der Waals surface area contributed by atoms with Gasteiger partial charge in [-0.2, -0.15) is 0 Å². The molecule has 0 aromatic rings. The molecule has 1 saturated heterocycles. The van der Waals surface area contributed by atoms with Crippen molar-refractivity contribution in [1.82, 2.24) is 0 Å². The lowest BCUT2D eigenvalue weighted by molar-refractivity contribution is -0.163. The monoisotopic (exact) mass is 382 g/mol. The number of carbonyl (C=O) groups excluding carboxylic acids is 1. The first-order valence-electron chi connectivity index (χ1n) is 12.2. The Morgan fingerprint density at radius 1 is 1.46 bits per heavy atom. The highest BCUT2D eigenvalue weighted by Gasteiger charge is 2.35. The van der Waals surface area contributed by atoms with E-state index in [0.29, 0.717) is 18.9 Å². The Bertz CT molecular complexity index is 798. The Labute approximate surface area is 165 Å². The lowest BCUT2D eigenvalue weighted by Gasteiger charge is -2.32. The smallest absolute Gasteiger partial charge is 0.309 e. The molecule has 1 heterocycles. The molecule has 148 valence electrons. The van der Waals surface area contributed by atoms with Crippen LogP contribution in [0.15, 0.2) is 24.2 Å². The van der Waals surface area contributed by atoms with Gasteiger partial charge in [0.1, 0.15) is 6.08 Å². The van der Waals surface area contributed by atoms with Crippen LogP contribution in [0.25, 0.3) is 0 Å². The van der Waals surface area contributed by atoms with Gasteiger partial charge in [-0.15, -0.1) is 0 Å². The lowest BCUT2D eigenvalue weighted by atomic mass is 9.87. The van der Waals surface area contributed by atoms with E-state index in [1.165, 1.54) is 0 Å². The summed E-state index contributed by atoms with van der Waals surface area (Å²) >= 11 is 0. The number of aliphatic hydroxyl groups is 2. The molecule has 1 fully saturated rings. The summed E-state index contributed by atoms with van der Waals surface area (Å²) in [7, 11) is 0. The molecule has 6 heteroatoms. The molecule has 0 bridgehead atoms. The minimum Gasteiger partial charge on any atom is -0.481 e. The van der Waals surface area contributed by atoms with Crippen LogP contribution in [0.3, 0.4) is 0 Å². The van der Waals surface area contributed by atoms with Gasteiger partial charge < -0.3 is 20.1 Å². The molecule has 1 aliphatic rings. The molecule has 0 aliphatic carbocycles. The fourth-order valence-corrected chi connectivity index (χ4v) is 2.24. The van der Waals surface area contributed by atoms with E-state index in [2.05, 4.69) is 0 Å². The van der Waals surface area contributed by atoms with Gasteiger partial charge in [0.25, 0.3) is 0 Å². The quantitative estimate of drug-likeness (QED) is 0.272. The van der Waals surface area contributed by atoms with Crippen molar-refractivity contribution in [2.45, 2.75) is 83.0 Å². The van der Waals surface area contributed by atoms with Gasteiger partial charge in [0.15, 0.2) is 0 Å². The van der Waals surface area contributed by atoms with Crippen molar-refractivity contribution in [2.24, 2.45) is 5.89 Å². The van der Waals surface area contributed by atoms with E-state index in [-0.39, 0.29) is 31.7 Å². The summed E-state index contributed by atoms with van der Waals surface area (Å²) in [5.74, 6) is -5.08. The number of allylic oxidation sites excluding steroid dienone is 2. The predicted molar refractivity (Wildman–Crippen MR) is 98.5 cm³/mol. The summed E-state index contributed by atoms with van der Waals surface area (Å²) in [5.41, 5.74) is 0. The van der Waals surface area contributed by atoms with E-state index in [0.717, 1.165) is 6.42 Å². The highest BCUT2D eigenvalue weighted by atomic mass is 16.5. The van der Waals surface area contributed by atoms with Crippen molar-refractivity contribution in [2.75, 3.05) is 0 Å². The van der Waals surface area contributed by atoms with Gasteiger partial charge >= 0.3 is 11.9 Å². The number of carboxylic acid groups (broad SMARTS) is 1. The van der Waals surface area contributed by atoms with E-state index in [1.54, 1.807) is 0 Å². The summed E-state index contributed by atoms with van der Waals surface area (Å²) < 4.78 is 62.4. The molecule has 3 N–H and O–H groups in total. The Morgan fingerprint density at radius 2 is 2.23 bits per heavy atom. The van der Waals surface area contributed by atoms with Crippen molar-refractivity contribution in [3.63, 3.8) is 0 Å². The zero-order valence-corrected chi connectivity index (χ0v) is 15.0. The minimum absolute atomic E-state index is 0.0358. The van der Waals surface area contributed by atoms with Crippen molar-refractivity contribution < 1.29 is 39.2 Å². The molecule has 1 aliphatic heterocycles. The second-order valence-electron chi connectivity index (χ2n) is 5.91. The van der Waals surface area contributed by atoms with Crippen LogP contribution in [-0.4, -0.2) is 45.5 Å². The fourth-order valence-electron chi connectivity index (χ4n) is 2.24. The number of ether oxygens (including phenoxy) is 1. The number of carbonyl (C=O) groups is 2. The number of esters is 1. The summed E-state index contributed by atoms with van der Waals surface area (Å²) in [4.78, 5) is 22.6. The van der Waals surface area contributed by atoms with Crippen LogP contribution >= 0.6 is 0 Å². The Morgan fingerprint density at radius 3 is 2.92 bits per heavy atom. The third-order valence-electron chi connectivity index (χ3n) is 3.65. The highest BCUT2D eigenvalue weighted by Crippen LogP contribution is 2.27. The average Bonchev–Trinajstić information content (AvgIpc) is 2.65. The number of rotatable bonds is 12. The summed E-state index contributed by atoms with van der Waals surface area (Å²) in [6, 6.07) is -1.80. The van der Waals surface area contributed by atoms with Crippen LogP contribution in [0.5, 0.6) is 0 Å². The van der Waals surface area contributed by atoms with Gasteiger partial charge in [-0.3, -0.25) is 9.59 Å². The molecule has 0 spiro atoms. The molecule has 0 amide bonds. The summed E-state index contributed by atoms with van der Waals surface area (Å²) in [5, 5.41) is 29.6. The van der Waals surface area contributed by atoms with Crippen molar-refractivity contribution >= 4 is 11.9 Å². The Balaban J connectivity index is 3.36. The van der Waals surface area contributed by atoms with Crippen molar-refractivity contribution in [3.05, 3.63) is 24.2 Å². The Hall–Kier alpha value is -1.66. The number of hydrogen-bond donors (Lipinski definition) is 3. The maximum atomic E-state index is 12.0. The lowest BCUT2D eigenvalue weighted by Crippen LogP contribution is -2.41. The molecule has 0 unspecified atom stereocenters. The minimum atomic E-state index is -2.95. The van der Waals surface area contributed by atoms with Gasteiger partial charge in [0.2, 0.25) is 0 Å². The van der Waals surface area contributed by atoms with E-state index < -0.39 is 61.0 Å². The van der Waals surface area contributed by atoms with E-state index in [4.69, 9.17) is 19.4 Å². The fraction of sp³-hybridized carbons (Fsp3) is 0.700. The standard InChI is InChI=1S/C20H32O6/c1-2-3-6-9-15(21)12-13-18-16(17(22)14-20(25)26-18)10-7-4-5-8-11-19(23)24/h4,7,12-13,15-18,21-22H,2-3,5-6,8-11,14H2,1H3,(H,23,24)/b7-4-,13-12+/t15-,16+,17+,18-/m1/s1/i4T,7T,12T,15T,16T,17T,18T. The molecule has 1 rings (SSSR count). The highest BCUT2D eigenvalue weighted by molar-refractivity contribution is 5.71. The molecule has 6 nitrogen and oxygen atoms in total. The van der Waals surface area contributed by atoms with E-state index in [1.807, 2.05) is 6.92 Å². The van der Waals surface area contributed by atoms with Crippen LogP contribution in [0.4, 0.5) is 0 Å². The average molecular weight is 383 g/mol. The molecule has 26 heavy (non-hydrogen) atoms. The van der Waals surface area contributed by atoms with Crippen LogP contribution in [-0.2, 0) is 14.3 Å². The molecule has 0 aromatic carbocycles. The predicted octanol–water partition coefficient (Wildman–Crippen LogP) is 2.98. The zero-order chi connectivity index (χ0) is 25.7. The number of unbranched alkanes of at least 4 members (excludes halogenated alkanes) is 2. The molecule has 4 atom stereocenters. The summed E-state index contributed by atoms with van der Waals surface area (Å²) in [6.07, 6.45) is -8.37. The third-order valence-corrected chi connectivity index (χ3v) is 3.65. The van der Waals surface area contributed by atoms with Gasteiger partial charge in [-0.25, -0.2) is 0 Å². The number of carboxylic acids is 1. The van der Waals surface area contributed by atoms with Gasteiger partial charge in [0, 0.05) is 13.7 Å². The first-order chi connectivity index (χ1) is 15.0. The number of hydrogen-bond acceptors (Lipinski definition) is 5. The maximum absolute atomic E-state index is 12.0. The van der Waals surface area contributed by atoms with Gasteiger partial charge in [0.05, 0.1) is 26.8 Å². The molecule has 0 radical (unpaired) electrons. The number of cyclic esters (lactones) is 1. The van der Waals surface area contributed by atoms with Crippen LogP contribution in [0.2, 0.25) is 0 Å². The first-order valence-corrected chi connectivity index (χ1v) is 8.75. The van der Waals surface area contributed by atoms with Gasteiger partial charge in [-0.1, -0.05) is 44.3 Å².